The van der Waals surface area contributed by atoms with Crippen LogP contribution in [0.3, 0.4) is 0 Å². The number of nitrogens with one attached hydrogen (secondary N) is 1. The number of hydrogen-bond donors (Lipinski definition) is 1. The first kappa shape index (κ1) is 22.4. The molecule has 0 aliphatic rings. The van der Waals surface area contributed by atoms with E-state index in [0.29, 0.717) is 54.5 Å². The first-order valence-electron chi connectivity index (χ1n) is 8.67. The van der Waals surface area contributed by atoms with Crippen LogP contribution in [0.5, 0.6) is 0 Å². The highest BCUT2D eigenvalue weighted by molar-refractivity contribution is 9.10. The number of fused-ring (bicyclic) bond motifs is 1. The van der Waals surface area contributed by atoms with E-state index in [1.807, 2.05) is 19.1 Å². The molecule has 0 fully saturated rings. The monoisotopic (exact) mass is 477 g/mol. The lowest BCUT2D eigenvalue weighted by atomic mass is 10.2. The van der Waals surface area contributed by atoms with Crippen molar-refractivity contribution in [2.24, 2.45) is 0 Å². The van der Waals surface area contributed by atoms with Gasteiger partial charge in [0.2, 0.25) is 10.0 Å². The molecule has 1 heterocycles. The molecule has 2 rings (SSSR count). The lowest BCUT2D eigenvalue weighted by molar-refractivity contribution is 0.140. The highest BCUT2D eigenvalue weighted by Gasteiger charge is 2.12. The number of nitrogens with zero attached hydrogens (tertiary/aromatic N) is 2. The maximum atomic E-state index is 12.9. The summed E-state index contributed by atoms with van der Waals surface area (Å²) >= 11 is 4.86. The Morgan fingerprint density at radius 1 is 1.33 bits per heavy atom. The summed E-state index contributed by atoms with van der Waals surface area (Å²) in [6.45, 7) is 4.06. The summed E-state index contributed by atoms with van der Waals surface area (Å²) in [4.78, 5) is 17.6. The third-order valence-corrected chi connectivity index (χ3v) is 5.96. The van der Waals surface area contributed by atoms with Gasteiger partial charge in [0.05, 0.1) is 17.2 Å². The standard InChI is InChI=1S/C17H24BrN3O4S2/c1-3-25-10-5-9-21-16(22)14-12-13(18)6-7-15(14)20-17(21)26-11-4-8-19-27(2,23)24/h6-7,12,19H,3-5,8-11H2,1-2H3. The molecule has 1 aromatic heterocycles. The maximum Gasteiger partial charge on any atom is 0.262 e. The van der Waals surface area contributed by atoms with Crippen LogP contribution in [0.4, 0.5) is 0 Å². The quantitative estimate of drug-likeness (QED) is 0.303. The zero-order valence-electron chi connectivity index (χ0n) is 15.4. The summed E-state index contributed by atoms with van der Waals surface area (Å²) in [5.74, 6) is 0.655. The van der Waals surface area contributed by atoms with Gasteiger partial charge in [0.25, 0.3) is 5.56 Å². The van der Waals surface area contributed by atoms with Gasteiger partial charge in [-0.2, -0.15) is 0 Å². The first-order chi connectivity index (χ1) is 12.8. The molecule has 0 spiro atoms. The minimum absolute atomic E-state index is 0.0745. The topological polar surface area (TPSA) is 90.3 Å². The van der Waals surface area contributed by atoms with E-state index < -0.39 is 10.0 Å². The Bertz CT molecular complexity index is 932. The summed E-state index contributed by atoms with van der Waals surface area (Å²) < 4.78 is 32.6. The molecule has 0 amide bonds. The van der Waals surface area contributed by atoms with Crippen molar-refractivity contribution in [1.29, 1.82) is 0 Å². The molecule has 150 valence electrons. The van der Waals surface area contributed by atoms with E-state index in [1.54, 1.807) is 10.6 Å². The number of halogens is 1. The third kappa shape index (κ3) is 7.19. The van der Waals surface area contributed by atoms with Gasteiger partial charge in [0.15, 0.2) is 5.16 Å². The number of aromatic nitrogens is 2. The molecule has 0 unspecified atom stereocenters. The first-order valence-corrected chi connectivity index (χ1v) is 12.3. The van der Waals surface area contributed by atoms with Crippen LogP contribution in [0.15, 0.2) is 32.6 Å². The molecule has 7 nitrogen and oxygen atoms in total. The second kappa shape index (κ2) is 10.6. The molecule has 0 saturated heterocycles. The van der Waals surface area contributed by atoms with Gasteiger partial charge >= 0.3 is 0 Å². The summed E-state index contributed by atoms with van der Waals surface area (Å²) in [7, 11) is -3.18. The average molecular weight is 478 g/mol. The molecule has 1 N–H and O–H groups in total. The number of thioether (sulfide) groups is 1. The highest BCUT2D eigenvalue weighted by atomic mass is 79.9. The zero-order valence-corrected chi connectivity index (χ0v) is 18.6. The Balaban J connectivity index is 2.18. The van der Waals surface area contributed by atoms with Crippen molar-refractivity contribution in [3.05, 3.63) is 33.0 Å². The fraction of sp³-hybridized carbons (Fsp3) is 0.529. The Morgan fingerprint density at radius 2 is 2.11 bits per heavy atom. The second-order valence-electron chi connectivity index (χ2n) is 5.93. The van der Waals surface area contributed by atoms with Gasteiger partial charge in [0, 0.05) is 36.5 Å². The van der Waals surface area contributed by atoms with Crippen LogP contribution in [0.2, 0.25) is 0 Å². The van der Waals surface area contributed by atoms with Crippen LogP contribution in [0.1, 0.15) is 19.8 Å². The third-order valence-electron chi connectivity index (χ3n) is 3.67. The van der Waals surface area contributed by atoms with E-state index in [2.05, 4.69) is 25.6 Å². The highest BCUT2D eigenvalue weighted by Crippen LogP contribution is 2.21. The molecule has 1 aromatic carbocycles. The van der Waals surface area contributed by atoms with E-state index >= 15 is 0 Å². The van der Waals surface area contributed by atoms with E-state index in [9.17, 15) is 13.2 Å². The Hall–Kier alpha value is -0.940. The smallest absolute Gasteiger partial charge is 0.262 e. The summed E-state index contributed by atoms with van der Waals surface area (Å²) in [5, 5.41) is 1.22. The minimum Gasteiger partial charge on any atom is -0.382 e. The van der Waals surface area contributed by atoms with Crippen molar-refractivity contribution in [2.45, 2.75) is 31.5 Å². The number of ether oxygens (including phenoxy) is 1. The largest absolute Gasteiger partial charge is 0.382 e. The lowest BCUT2D eigenvalue weighted by Crippen LogP contribution is -2.25. The zero-order chi connectivity index (χ0) is 19.9. The minimum atomic E-state index is -3.18. The van der Waals surface area contributed by atoms with E-state index in [4.69, 9.17) is 4.74 Å². The Morgan fingerprint density at radius 3 is 2.81 bits per heavy atom. The van der Waals surface area contributed by atoms with Crippen LogP contribution < -0.4 is 10.3 Å². The van der Waals surface area contributed by atoms with Gasteiger partial charge in [0.1, 0.15) is 0 Å². The predicted molar refractivity (Wildman–Crippen MR) is 113 cm³/mol. The van der Waals surface area contributed by atoms with Crippen molar-refractivity contribution in [1.82, 2.24) is 14.3 Å². The maximum absolute atomic E-state index is 12.9. The van der Waals surface area contributed by atoms with E-state index in [0.717, 1.165) is 17.1 Å². The molecule has 10 heteroatoms. The van der Waals surface area contributed by atoms with E-state index in [1.165, 1.54) is 11.8 Å². The van der Waals surface area contributed by atoms with Crippen molar-refractivity contribution < 1.29 is 13.2 Å². The SMILES string of the molecule is CCOCCCn1c(SCCCNS(C)(=O)=O)nc2ccc(Br)cc2c1=O. The predicted octanol–water partition coefficient (Wildman–Crippen LogP) is 2.62. The summed E-state index contributed by atoms with van der Waals surface area (Å²) in [6, 6.07) is 5.47. The molecule has 0 radical (unpaired) electrons. The molecule has 0 aliphatic carbocycles. The van der Waals surface area contributed by atoms with Crippen LogP contribution in [0.25, 0.3) is 10.9 Å². The van der Waals surface area contributed by atoms with Crippen LogP contribution in [-0.4, -0.2) is 49.7 Å². The summed E-state index contributed by atoms with van der Waals surface area (Å²) in [6.07, 6.45) is 2.50. The van der Waals surface area contributed by atoms with Gasteiger partial charge < -0.3 is 4.74 Å². The molecule has 0 atom stereocenters. The molecular formula is C17H24BrN3O4S2. The summed E-state index contributed by atoms with van der Waals surface area (Å²) in [5.41, 5.74) is 0.579. The van der Waals surface area contributed by atoms with Gasteiger partial charge in [-0.1, -0.05) is 27.7 Å². The van der Waals surface area contributed by atoms with Crippen molar-refractivity contribution in [2.75, 3.05) is 31.8 Å². The Labute approximate surface area is 172 Å². The molecule has 0 saturated carbocycles. The number of hydrogen-bond acceptors (Lipinski definition) is 6. The van der Waals surface area contributed by atoms with Gasteiger partial charge in [-0.3, -0.25) is 9.36 Å². The molecular weight excluding hydrogens is 454 g/mol. The molecule has 0 bridgehead atoms. The van der Waals surface area contributed by atoms with Crippen LogP contribution >= 0.6 is 27.7 Å². The van der Waals surface area contributed by atoms with Crippen molar-refractivity contribution in [3.8, 4) is 0 Å². The van der Waals surface area contributed by atoms with Crippen molar-refractivity contribution >= 4 is 48.6 Å². The van der Waals surface area contributed by atoms with Crippen molar-refractivity contribution in [3.63, 3.8) is 0 Å². The fourth-order valence-corrected chi connectivity index (χ4v) is 4.28. The van der Waals surface area contributed by atoms with Gasteiger partial charge in [-0.15, -0.1) is 0 Å². The molecule has 0 aliphatic heterocycles. The molecule has 2 aromatic rings. The van der Waals surface area contributed by atoms with Gasteiger partial charge in [-0.05, 0) is 38.0 Å². The number of sulfonamides is 1. The lowest BCUT2D eigenvalue weighted by Gasteiger charge is -2.13. The number of benzene rings is 1. The van der Waals surface area contributed by atoms with E-state index in [-0.39, 0.29) is 5.56 Å². The van der Waals surface area contributed by atoms with Gasteiger partial charge in [-0.25, -0.2) is 18.1 Å². The normalized spacial score (nSPS) is 12.0. The second-order valence-corrected chi connectivity index (χ2v) is 9.74. The van der Waals surface area contributed by atoms with Crippen LogP contribution in [-0.2, 0) is 21.3 Å². The Kier molecular flexibility index (Phi) is 8.74. The van der Waals surface area contributed by atoms with Crippen LogP contribution in [0, 0.1) is 0 Å². The average Bonchev–Trinajstić information content (AvgIpc) is 2.60. The number of rotatable bonds is 11. The fourth-order valence-electron chi connectivity index (χ4n) is 2.44. The molecule has 27 heavy (non-hydrogen) atoms.